The molecule has 2 heterocycles. The maximum atomic E-state index is 13.0. The molecule has 4 rings (SSSR count). The highest BCUT2D eigenvalue weighted by Crippen LogP contribution is 2.25. The van der Waals surface area contributed by atoms with Crippen molar-refractivity contribution in [3.05, 3.63) is 82.0 Å². The molecular formula is C25H26ClN5O2. The van der Waals surface area contributed by atoms with Crippen LogP contribution in [0.5, 0.6) is 0 Å². The Labute approximate surface area is 197 Å². The predicted octanol–water partition coefficient (Wildman–Crippen LogP) is 5.80. The number of benzene rings is 2. The molecule has 0 spiro atoms. The molecule has 0 saturated carbocycles. The van der Waals surface area contributed by atoms with Crippen molar-refractivity contribution >= 4 is 23.2 Å². The second kappa shape index (κ2) is 8.83. The summed E-state index contributed by atoms with van der Waals surface area (Å²) in [6.45, 7) is 10.3. The molecule has 33 heavy (non-hydrogen) atoms. The molecule has 8 heteroatoms. The molecule has 1 N–H and O–H groups in total. The molecule has 2 aromatic carbocycles. The minimum Gasteiger partial charge on any atom is -0.338 e. The Kier molecular flexibility index (Phi) is 6.08. The van der Waals surface area contributed by atoms with Crippen LogP contribution in [0, 0.1) is 13.8 Å². The van der Waals surface area contributed by atoms with Gasteiger partial charge in [0, 0.05) is 27.4 Å². The van der Waals surface area contributed by atoms with Crippen molar-refractivity contribution in [2.45, 2.75) is 46.6 Å². The van der Waals surface area contributed by atoms with E-state index in [-0.39, 0.29) is 11.3 Å². The van der Waals surface area contributed by atoms with E-state index in [2.05, 4.69) is 20.6 Å². The quantitative estimate of drug-likeness (QED) is 0.404. The summed E-state index contributed by atoms with van der Waals surface area (Å²) >= 11 is 6.29. The molecule has 1 amide bonds. The summed E-state index contributed by atoms with van der Waals surface area (Å²) in [5.74, 6) is 0.887. The number of hydrogen-bond acceptors (Lipinski definition) is 5. The van der Waals surface area contributed by atoms with E-state index in [9.17, 15) is 4.79 Å². The zero-order valence-corrected chi connectivity index (χ0v) is 20.1. The van der Waals surface area contributed by atoms with Gasteiger partial charge in [-0.25, -0.2) is 0 Å². The maximum absolute atomic E-state index is 13.0. The summed E-state index contributed by atoms with van der Waals surface area (Å²) in [6, 6.07) is 15.0. The average Bonchev–Trinajstić information content (AvgIpc) is 3.35. The number of nitrogens with zero attached hydrogens (tertiary/aromatic N) is 4. The monoisotopic (exact) mass is 463 g/mol. The first-order valence-corrected chi connectivity index (χ1v) is 11.0. The van der Waals surface area contributed by atoms with Gasteiger partial charge in [0.2, 0.25) is 11.7 Å². The number of halogens is 1. The Morgan fingerprint density at radius 2 is 1.79 bits per heavy atom. The Morgan fingerprint density at radius 3 is 2.42 bits per heavy atom. The molecule has 170 valence electrons. The van der Waals surface area contributed by atoms with Crippen molar-refractivity contribution in [1.29, 1.82) is 0 Å². The van der Waals surface area contributed by atoms with Crippen LogP contribution in [0.2, 0.25) is 5.02 Å². The fraction of sp³-hybridized carbons (Fsp3) is 0.280. The number of nitrogens with one attached hydrogen (secondary N) is 1. The highest BCUT2D eigenvalue weighted by Gasteiger charge is 2.22. The van der Waals surface area contributed by atoms with Gasteiger partial charge < -0.3 is 9.84 Å². The van der Waals surface area contributed by atoms with E-state index in [1.807, 2.05) is 83.1 Å². The van der Waals surface area contributed by atoms with Gasteiger partial charge in [0.25, 0.3) is 5.91 Å². The molecular weight excluding hydrogens is 438 g/mol. The second-order valence-corrected chi connectivity index (χ2v) is 9.41. The highest BCUT2D eigenvalue weighted by atomic mass is 35.5. The Morgan fingerprint density at radius 1 is 1.09 bits per heavy atom. The molecule has 0 atom stereocenters. The number of hydrogen-bond donors (Lipinski definition) is 1. The number of carbonyl (C=O) groups is 1. The molecule has 0 radical (unpaired) electrons. The van der Waals surface area contributed by atoms with E-state index in [4.69, 9.17) is 16.1 Å². The topological polar surface area (TPSA) is 85.8 Å². The lowest BCUT2D eigenvalue weighted by Crippen LogP contribution is -2.14. The van der Waals surface area contributed by atoms with E-state index in [1.165, 1.54) is 0 Å². The van der Waals surface area contributed by atoms with Crippen molar-refractivity contribution < 1.29 is 9.32 Å². The molecule has 0 fully saturated rings. The minimum atomic E-state index is -0.217. The summed E-state index contributed by atoms with van der Waals surface area (Å²) in [5.41, 5.74) is 4.21. The van der Waals surface area contributed by atoms with Gasteiger partial charge >= 0.3 is 0 Å². The first-order chi connectivity index (χ1) is 15.6. The first kappa shape index (κ1) is 22.7. The fourth-order valence-electron chi connectivity index (χ4n) is 3.51. The van der Waals surface area contributed by atoms with Crippen LogP contribution in [0.4, 0.5) is 5.69 Å². The lowest BCUT2D eigenvalue weighted by Gasteiger charge is -2.10. The number of rotatable bonds is 5. The Hall–Kier alpha value is -3.45. The average molecular weight is 464 g/mol. The van der Waals surface area contributed by atoms with Crippen LogP contribution in [-0.2, 0) is 12.0 Å². The lowest BCUT2D eigenvalue weighted by molar-refractivity contribution is 0.102. The highest BCUT2D eigenvalue weighted by molar-refractivity contribution is 6.31. The van der Waals surface area contributed by atoms with Crippen LogP contribution in [0.3, 0.4) is 0 Å². The summed E-state index contributed by atoms with van der Waals surface area (Å²) in [6.07, 6.45) is 0. The van der Waals surface area contributed by atoms with Gasteiger partial charge in [-0.1, -0.05) is 55.7 Å². The van der Waals surface area contributed by atoms with Crippen molar-refractivity contribution in [3.8, 4) is 11.4 Å². The zero-order valence-electron chi connectivity index (χ0n) is 19.3. The van der Waals surface area contributed by atoms with E-state index in [0.717, 1.165) is 16.8 Å². The minimum absolute atomic E-state index is 0.210. The number of amides is 1. The van der Waals surface area contributed by atoms with Crippen molar-refractivity contribution in [1.82, 2.24) is 19.9 Å². The maximum Gasteiger partial charge on any atom is 0.259 e. The molecule has 0 aliphatic carbocycles. The van der Waals surface area contributed by atoms with E-state index >= 15 is 0 Å². The molecule has 4 aromatic rings. The van der Waals surface area contributed by atoms with Gasteiger partial charge in [0.15, 0.2) is 0 Å². The Bertz CT molecular complexity index is 1300. The third-order valence-corrected chi connectivity index (χ3v) is 5.72. The van der Waals surface area contributed by atoms with E-state index in [0.29, 0.717) is 40.2 Å². The largest absolute Gasteiger partial charge is 0.338 e. The molecule has 2 aromatic heterocycles. The first-order valence-electron chi connectivity index (χ1n) is 10.7. The van der Waals surface area contributed by atoms with Gasteiger partial charge in [-0.15, -0.1) is 0 Å². The zero-order chi connectivity index (χ0) is 23.8. The molecule has 0 bridgehead atoms. The fourth-order valence-corrected chi connectivity index (χ4v) is 3.70. The summed E-state index contributed by atoms with van der Waals surface area (Å²) in [7, 11) is 0. The van der Waals surface area contributed by atoms with E-state index < -0.39 is 0 Å². The van der Waals surface area contributed by atoms with E-state index in [1.54, 1.807) is 4.68 Å². The lowest BCUT2D eigenvalue weighted by atomic mass is 9.97. The number of aromatic nitrogens is 4. The smallest absolute Gasteiger partial charge is 0.259 e. The van der Waals surface area contributed by atoms with Crippen LogP contribution in [0.25, 0.3) is 11.4 Å². The normalized spacial score (nSPS) is 11.6. The molecule has 0 saturated heterocycles. The molecule has 0 aliphatic rings. The number of anilines is 1. The van der Waals surface area contributed by atoms with Crippen LogP contribution >= 0.6 is 11.6 Å². The van der Waals surface area contributed by atoms with Crippen LogP contribution < -0.4 is 5.32 Å². The summed E-state index contributed by atoms with van der Waals surface area (Å²) in [4.78, 5) is 17.5. The van der Waals surface area contributed by atoms with Crippen molar-refractivity contribution in [3.63, 3.8) is 0 Å². The van der Waals surface area contributed by atoms with Gasteiger partial charge in [0.05, 0.1) is 17.8 Å². The third kappa shape index (κ3) is 4.83. The molecule has 0 aliphatic heterocycles. The second-order valence-electron chi connectivity index (χ2n) is 9.00. The number of carbonyl (C=O) groups excluding carboxylic acids is 1. The standard InChI is InChI=1S/C25H26ClN5O2/c1-15-21(16(2)31(29-15)14-18-8-6-7-9-20(18)26)23(32)27-19-12-10-17(11-13-19)22-28-24(33-30-22)25(3,4)5/h6-13H,14H2,1-5H3,(H,27,32). The predicted molar refractivity (Wildman–Crippen MR) is 129 cm³/mol. The molecule has 7 nitrogen and oxygen atoms in total. The third-order valence-electron chi connectivity index (χ3n) is 5.36. The van der Waals surface area contributed by atoms with Crippen LogP contribution in [0.1, 0.15) is 54.0 Å². The SMILES string of the molecule is Cc1nn(Cc2ccccc2Cl)c(C)c1C(=O)Nc1ccc(-c2noc(C(C)(C)C)n2)cc1. The molecule has 0 unspecified atom stereocenters. The van der Waals surface area contributed by atoms with Gasteiger partial charge in [0.1, 0.15) is 0 Å². The van der Waals surface area contributed by atoms with Crippen molar-refractivity contribution in [2.24, 2.45) is 0 Å². The Balaban J connectivity index is 1.50. The van der Waals surface area contributed by atoms with Gasteiger partial charge in [-0.3, -0.25) is 9.48 Å². The summed E-state index contributed by atoms with van der Waals surface area (Å²) < 4.78 is 7.17. The van der Waals surface area contributed by atoms with Crippen LogP contribution in [0.15, 0.2) is 53.1 Å². The number of aryl methyl sites for hydroxylation is 1. The van der Waals surface area contributed by atoms with Gasteiger partial charge in [-0.2, -0.15) is 10.1 Å². The summed E-state index contributed by atoms with van der Waals surface area (Å²) in [5, 5.41) is 12.2. The van der Waals surface area contributed by atoms with Crippen LogP contribution in [-0.4, -0.2) is 25.8 Å². The van der Waals surface area contributed by atoms with Crippen molar-refractivity contribution in [2.75, 3.05) is 5.32 Å². The van der Waals surface area contributed by atoms with Gasteiger partial charge in [-0.05, 0) is 49.7 Å².